The Balaban J connectivity index is 1.51. The number of hydrogen-bond donors (Lipinski definition) is 0. The van der Waals surface area contributed by atoms with E-state index in [1.165, 1.54) is 70.6 Å². The molecule has 0 N–H and O–H groups in total. The van der Waals surface area contributed by atoms with E-state index in [0.29, 0.717) is 27.1 Å². The summed E-state index contributed by atoms with van der Waals surface area (Å²) in [4.78, 5) is 0. The third kappa shape index (κ3) is 2.86. The highest BCUT2D eigenvalue weighted by molar-refractivity contribution is 5.19. The highest BCUT2D eigenvalue weighted by Gasteiger charge is 2.70. The van der Waals surface area contributed by atoms with E-state index in [-0.39, 0.29) is 0 Å². The van der Waals surface area contributed by atoms with Gasteiger partial charge < -0.3 is 0 Å². The lowest BCUT2D eigenvalue weighted by Gasteiger charge is -2.73. The standard InChI is InChI=1S/C32H56/c1-10-22(3)23-13-16-29(6)24(23)14-17-31(8)26(29)11-12-27-30(7)20-21(2)19-28(4,5)25(30)15-18-32(27,31)9/h21-27H,10-20H2,1-9H3/t21-,22?,23?,24-,25-,26+,27+,29-,30-,31+,32+/m0/s1. The van der Waals surface area contributed by atoms with E-state index < -0.39 is 0 Å². The van der Waals surface area contributed by atoms with Gasteiger partial charge in [-0.05, 0) is 133 Å². The molecule has 0 heteroatoms. The molecule has 0 bridgehead atoms. The Labute approximate surface area is 201 Å². The van der Waals surface area contributed by atoms with Crippen molar-refractivity contribution >= 4 is 0 Å². The van der Waals surface area contributed by atoms with Crippen molar-refractivity contribution in [3.8, 4) is 0 Å². The second-order valence-corrected chi connectivity index (χ2v) is 15.9. The molecule has 0 nitrogen and oxygen atoms in total. The van der Waals surface area contributed by atoms with E-state index >= 15 is 0 Å². The molecule has 5 aliphatic carbocycles. The largest absolute Gasteiger partial charge is 0.0651 e. The molecule has 0 amide bonds. The molecule has 32 heavy (non-hydrogen) atoms. The van der Waals surface area contributed by atoms with Crippen molar-refractivity contribution in [3.63, 3.8) is 0 Å². The molecule has 5 fully saturated rings. The van der Waals surface area contributed by atoms with Gasteiger partial charge in [0, 0.05) is 0 Å². The Hall–Kier alpha value is 0. The van der Waals surface area contributed by atoms with Crippen molar-refractivity contribution in [2.75, 3.05) is 0 Å². The van der Waals surface area contributed by atoms with Crippen LogP contribution in [0.1, 0.15) is 133 Å². The average Bonchev–Trinajstić information content (AvgIpc) is 3.03. The minimum atomic E-state index is 0.532. The van der Waals surface area contributed by atoms with Gasteiger partial charge in [0.1, 0.15) is 0 Å². The van der Waals surface area contributed by atoms with Crippen LogP contribution >= 0.6 is 0 Å². The van der Waals surface area contributed by atoms with Gasteiger partial charge in [0.15, 0.2) is 0 Å². The number of rotatable bonds is 2. The zero-order valence-corrected chi connectivity index (χ0v) is 23.3. The first-order chi connectivity index (χ1) is 14.8. The summed E-state index contributed by atoms with van der Waals surface area (Å²) in [6.07, 6.45) is 16.5. The molecule has 0 heterocycles. The van der Waals surface area contributed by atoms with Gasteiger partial charge in [-0.1, -0.05) is 68.7 Å². The topological polar surface area (TPSA) is 0 Å². The molecule has 0 saturated heterocycles. The molecule has 0 aromatic heterocycles. The fourth-order valence-corrected chi connectivity index (χ4v) is 13.0. The van der Waals surface area contributed by atoms with Crippen LogP contribution < -0.4 is 0 Å². The molecular weight excluding hydrogens is 384 g/mol. The fourth-order valence-electron chi connectivity index (χ4n) is 13.0. The van der Waals surface area contributed by atoms with Crippen LogP contribution in [0.2, 0.25) is 0 Å². The maximum atomic E-state index is 2.82. The lowest BCUT2D eigenvalue weighted by Crippen LogP contribution is -2.66. The smallest absolute Gasteiger partial charge is 0.0235 e. The second-order valence-electron chi connectivity index (χ2n) is 15.9. The van der Waals surface area contributed by atoms with E-state index in [0.717, 1.165) is 41.4 Å². The highest BCUT2D eigenvalue weighted by atomic mass is 14.7. The summed E-state index contributed by atoms with van der Waals surface area (Å²) in [6.45, 7) is 24.0. The van der Waals surface area contributed by atoms with Gasteiger partial charge in [0.05, 0.1) is 0 Å². The van der Waals surface area contributed by atoms with Crippen LogP contribution in [0.3, 0.4) is 0 Å². The predicted octanol–water partition coefficient (Wildman–Crippen LogP) is 9.77. The maximum Gasteiger partial charge on any atom is -0.0235 e. The zero-order chi connectivity index (χ0) is 23.3. The zero-order valence-electron chi connectivity index (χ0n) is 23.3. The third-order valence-electron chi connectivity index (χ3n) is 14.3. The first-order valence-electron chi connectivity index (χ1n) is 14.8. The van der Waals surface area contributed by atoms with E-state index in [1.54, 1.807) is 0 Å². The first kappa shape index (κ1) is 23.7. The Kier molecular flexibility index (Phi) is 5.38. The fraction of sp³-hybridized carbons (Fsp3) is 1.00. The molecule has 5 aliphatic rings. The lowest BCUT2D eigenvalue weighted by atomic mass is 9.31. The first-order valence-corrected chi connectivity index (χ1v) is 14.8. The van der Waals surface area contributed by atoms with Crippen molar-refractivity contribution < 1.29 is 0 Å². The minimum absolute atomic E-state index is 0.532. The molecule has 11 atom stereocenters. The van der Waals surface area contributed by atoms with Gasteiger partial charge >= 0.3 is 0 Å². The van der Waals surface area contributed by atoms with E-state index in [4.69, 9.17) is 0 Å². The summed E-state index contributed by atoms with van der Waals surface area (Å²) in [7, 11) is 0. The van der Waals surface area contributed by atoms with E-state index in [2.05, 4.69) is 62.3 Å². The summed E-state index contributed by atoms with van der Waals surface area (Å²) in [5.41, 5.74) is 2.83. The van der Waals surface area contributed by atoms with Crippen molar-refractivity contribution in [1.29, 1.82) is 0 Å². The minimum Gasteiger partial charge on any atom is -0.0651 e. The molecule has 2 unspecified atom stereocenters. The van der Waals surface area contributed by atoms with Gasteiger partial charge in [-0.3, -0.25) is 0 Å². The molecule has 0 aromatic carbocycles. The monoisotopic (exact) mass is 440 g/mol. The Bertz CT molecular complexity index is 734. The summed E-state index contributed by atoms with van der Waals surface area (Å²) < 4.78 is 0. The number of fused-ring (bicyclic) bond motifs is 7. The molecule has 0 aromatic rings. The summed E-state index contributed by atoms with van der Waals surface area (Å²) >= 11 is 0. The van der Waals surface area contributed by atoms with Crippen molar-refractivity contribution in [3.05, 3.63) is 0 Å². The quantitative estimate of drug-likeness (QED) is 0.401. The van der Waals surface area contributed by atoms with E-state index in [1.807, 2.05) is 0 Å². The Morgan fingerprint density at radius 1 is 0.688 bits per heavy atom. The van der Waals surface area contributed by atoms with Gasteiger partial charge in [0.25, 0.3) is 0 Å². The average molecular weight is 441 g/mol. The highest BCUT2D eigenvalue weighted by Crippen LogP contribution is 2.78. The van der Waals surface area contributed by atoms with Gasteiger partial charge in [-0.25, -0.2) is 0 Å². The van der Waals surface area contributed by atoms with E-state index in [9.17, 15) is 0 Å². The SMILES string of the molecule is CCC(C)C1CC[C@]2(C)[C@H]3CC[C@@H]4[C@@]5(C)C[C@@H](C)CC(C)(C)[C@@H]5CC[C@@]4(C)[C@]3(C)CC[C@@H]12. The summed E-state index contributed by atoms with van der Waals surface area (Å²) in [6, 6.07) is 0. The Morgan fingerprint density at radius 3 is 1.91 bits per heavy atom. The van der Waals surface area contributed by atoms with Crippen molar-refractivity contribution in [2.24, 2.45) is 68.5 Å². The predicted molar refractivity (Wildman–Crippen MR) is 138 cm³/mol. The molecule has 0 spiro atoms. The van der Waals surface area contributed by atoms with Crippen LogP contribution in [0.25, 0.3) is 0 Å². The van der Waals surface area contributed by atoms with Gasteiger partial charge in [-0.2, -0.15) is 0 Å². The normalized spacial score (nSPS) is 57.7. The van der Waals surface area contributed by atoms with Gasteiger partial charge in [-0.15, -0.1) is 0 Å². The molecule has 184 valence electrons. The summed E-state index contributed by atoms with van der Waals surface area (Å²) in [5, 5.41) is 0. The van der Waals surface area contributed by atoms with Crippen molar-refractivity contribution in [1.82, 2.24) is 0 Å². The van der Waals surface area contributed by atoms with Crippen LogP contribution in [-0.4, -0.2) is 0 Å². The molecule has 5 saturated carbocycles. The van der Waals surface area contributed by atoms with Crippen LogP contribution in [0.4, 0.5) is 0 Å². The summed E-state index contributed by atoms with van der Waals surface area (Å²) in [5.74, 6) is 6.71. The van der Waals surface area contributed by atoms with Crippen LogP contribution in [0, 0.1) is 68.5 Å². The Morgan fingerprint density at radius 2 is 1.28 bits per heavy atom. The number of hydrogen-bond acceptors (Lipinski definition) is 0. The lowest BCUT2D eigenvalue weighted by molar-refractivity contribution is -0.245. The van der Waals surface area contributed by atoms with Crippen LogP contribution in [0.15, 0.2) is 0 Å². The van der Waals surface area contributed by atoms with Crippen molar-refractivity contribution in [2.45, 2.75) is 133 Å². The molecule has 0 aliphatic heterocycles. The van der Waals surface area contributed by atoms with Crippen LogP contribution in [-0.2, 0) is 0 Å². The van der Waals surface area contributed by atoms with Crippen LogP contribution in [0.5, 0.6) is 0 Å². The van der Waals surface area contributed by atoms with Gasteiger partial charge in [0.2, 0.25) is 0 Å². The third-order valence-corrected chi connectivity index (χ3v) is 14.3. The molecular formula is C32H56. The molecule has 0 radical (unpaired) electrons. The maximum absolute atomic E-state index is 2.82. The second kappa shape index (κ2) is 7.26. The molecule has 5 rings (SSSR count).